The van der Waals surface area contributed by atoms with Crippen LogP contribution in [0.3, 0.4) is 0 Å². The monoisotopic (exact) mass is 161 g/mol. The molecule has 0 saturated heterocycles. The van der Waals surface area contributed by atoms with E-state index in [4.69, 9.17) is 5.73 Å². The number of nitrogens with zero attached hydrogens (tertiary/aromatic N) is 1. The number of nitrogens with two attached hydrogens (primary N) is 1. The van der Waals surface area contributed by atoms with Crippen molar-refractivity contribution in [3.05, 3.63) is 23.5 Å². The molecular weight excluding hydrogens is 150 g/mol. The van der Waals surface area contributed by atoms with E-state index in [-0.39, 0.29) is 0 Å². The van der Waals surface area contributed by atoms with Gasteiger partial charge in [-0.3, -0.25) is 0 Å². The molecule has 0 aliphatic heterocycles. The molecule has 2 aromatic rings. The maximum atomic E-state index is 5.83. The maximum Gasteiger partial charge on any atom is 0.137 e. The molecule has 0 amide bonds. The molecule has 0 aromatic carbocycles. The Labute approximate surface area is 70.6 Å². The third kappa shape index (κ3) is 0.794. The van der Waals surface area contributed by atoms with Crippen LogP contribution in [0.1, 0.15) is 11.3 Å². The average Bonchev–Trinajstić information content (AvgIpc) is 2.48. The van der Waals surface area contributed by atoms with Crippen molar-refractivity contribution >= 4 is 16.7 Å². The number of pyridine rings is 1. The third-order valence-corrected chi connectivity index (χ3v) is 2.20. The number of anilines is 1. The number of fused-ring (bicyclic) bond motifs is 1. The highest BCUT2D eigenvalue weighted by atomic mass is 14.9. The van der Waals surface area contributed by atoms with Crippen LogP contribution in [0, 0.1) is 13.8 Å². The summed E-state index contributed by atoms with van der Waals surface area (Å²) in [6.45, 7) is 3.93. The van der Waals surface area contributed by atoms with Gasteiger partial charge in [-0.15, -0.1) is 0 Å². The van der Waals surface area contributed by atoms with E-state index in [0.717, 1.165) is 28.0 Å². The Morgan fingerprint density at radius 1 is 1.42 bits per heavy atom. The van der Waals surface area contributed by atoms with E-state index in [2.05, 4.69) is 9.97 Å². The molecule has 3 heteroatoms. The molecule has 3 nitrogen and oxygen atoms in total. The normalized spacial score (nSPS) is 10.8. The van der Waals surface area contributed by atoms with Crippen molar-refractivity contribution in [1.29, 1.82) is 0 Å². The second kappa shape index (κ2) is 2.24. The fourth-order valence-electron chi connectivity index (χ4n) is 1.40. The molecule has 2 rings (SSSR count). The molecule has 0 bridgehead atoms. The summed E-state index contributed by atoms with van der Waals surface area (Å²) in [5.41, 5.74) is 9.54. The van der Waals surface area contributed by atoms with Crippen molar-refractivity contribution < 1.29 is 0 Å². The van der Waals surface area contributed by atoms with E-state index < -0.39 is 0 Å². The second-order valence-electron chi connectivity index (χ2n) is 2.98. The van der Waals surface area contributed by atoms with Gasteiger partial charge in [-0.25, -0.2) is 4.98 Å². The number of nitrogen functional groups attached to an aromatic ring is 1. The zero-order valence-electron chi connectivity index (χ0n) is 7.18. The molecule has 62 valence electrons. The van der Waals surface area contributed by atoms with E-state index in [1.54, 1.807) is 0 Å². The quantitative estimate of drug-likeness (QED) is 0.618. The number of hydrogen-bond donors (Lipinski definition) is 2. The zero-order valence-corrected chi connectivity index (χ0v) is 7.18. The number of aromatic nitrogens is 2. The largest absolute Gasteiger partial charge is 0.397 e. The molecule has 0 spiro atoms. The molecule has 12 heavy (non-hydrogen) atoms. The van der Waals surface area contributed by atoms with E-state index in [0.29, 0.717) is 0 Å². The van der Waals surface area contributed by atoms with E-state index >= 15 is 0 Å². The lowest BCUT2D eigenvalue weighted by atomic mass is 10.1. The minimum Gasteiger partial charge on any atom is -0.397 e. The van der Waals surface area contributed by atoms with Crippen molar-refractivity contribution in [2.75, 3.05) is 5.73 Å². The molecule has 0 aliphatic rings. The lowest BCUT2D eigenvalue weighted by Crippen LogP contribution is -1.96. The summed E-state index contributed by atoms with van der Waals surface area (Å²) in [6.07, 6.45) is 1.88. The van der Waals surface area contributed by atoms with Crippen LogP contribution in [0.4, 0.5) is 5.69 Å². The summed E-state index contributed by atoms with van der Waals surface area (Å²) in [5, 5.41) is 1.11. The van der Waals surface area contributed by atoms with Crippen molar-refractivity contribution in [3.8, 4) is 0 Å². The van der Waals surface area contributed by atoms with Crippen LogP contribution in [-0.2, 0) is 0 Å². The van der Waals surface area contributed by atoms with Crippen molar-refractivity contribution in [2.24, 2.45) is 0 Å². The smallest absolute Gasteiger partial charge is 0.137 e. The van der Waals surface area contributed by atoms with Crippen LogP contribution < -0.4 is 5.73 Å². The number of aryl methyl sites for hydroxylation is 2. The van der Waals surface area contributed by atoms with Gasteiger partial charge >= 0.3 is 0 Å². The Balaban J connectivity index is 2.94. The molecular formula is C9H11N3. The van der Waals surface area contributed by atoms with Crippen LogP contribution >= 0.6 is 0 Å². The topological polar surface area (TPSA) is 54.7 Å². The van der Waals surface area contributed by atoms with Gasteiger partial charge in [0, 0.05) is 11.6 Å². The fourth-order valence-corrected chi connectivity index (χ4v) is 1.40. The highest BCUT2D eigenvalue weighted by Gasteiger charge is 2.05. The van der Waals surface area contributed by atoms with Gasteiger partial charge in [0.15, 0.2) is 0 Å². The van der Waals surface area contributed by atoms with E-state index in [1.807, 2.05) is 26.1 Å². The SMILES string of the molecule is Cc1nc2[nH]ccc2c(C)c1N. The minimum atomic E-state index is 0.794. The fraction of sp³-hybridized carbons (Fsp3) is 0.222. The minimum absolute atomic E-state index is 0.794. The first kappa shape index (κ1) is 7.16. The van der Waals surface area contributed by atoms with Gasteiger partial charge in [0.2, 0.25) is 0 Å². The maximum absolute atomic E-state index is 5.83. The molecule has 0 atom stereocenters. The number of rotatable bonds is 0. The van der Waals surface area contributed by atoms with Crippen LogP contribution in [0.5, 0.6) is 0 Å². The Morgan fingerprint density at radius 3 is 2.92 bits per heavy atom. The molecule has 2 aromatic heterocycles. The number of nitrogens with one attached hydrogen (secondary N) is 1. The summed E-state index contributed by atoms with van der Waals surface area (Å²) < 4.78 is 0. The molecule has 2 heterocycles. The van der Waals surface area contributed by atoms with Crippen molar-refractivity contribution in [1.82, 2.24) is 9.97 Å². The summed E-state index contributed by atoms with van der Waals surface area (Å²) in [4.78, 5) is 7.38. The highest BCUT2D eigenvalue weighted by molar-refractivity contribution is 5.84. The summed E-state index contributed by atoms with van der Waals surface area (Å²) in [7, 11) is 0. The number of H-pyrrole nitrogens is 1. The van der Waals surface area contributed by atoms with Crippen LogP contribution in [0.2, 0.25) is 0 Å². The average molecular weight is 161 g/mol. The molecule has 0 unspecified atom stereocenters. The predicted octanol–water partition coefficient (Wildman–Crippen LogP) is 1.76. The predicted molar refractivity (Wildman–Crippen MR) is 50.0 cm³/mol. The molecule has 0 saturated carbocycles. The van der Waals surface area contributed by atoms with Crippen molar-refractivity contribution in [3.63, 3.8) is 0 Å². The standard InChI is InChI=1S/C9H11N3/c1-5-7-3-4-11-9(7)12-6(2)8(5)10/h3-4H,10H2,1-2H3,(H,11,12). The van der Waals surface area contributed by atoms with Crippen LogP contribution in [0.15, 0.2) is 12.3 Å². The first-order valence-electron chi connectivity index (χ1n) is 3.90. The zero-order chi connectivity index (χ0) is 8.72. The second-order valence-corrected chi connectivity index (χ2v) is 2.98. The van der Waals surface area contributed by atoms with Crippen LogP contribution in [-0.4, -0.2) is 9.97 Å². The Kier molecular flexibility index (Phi) is 1.33. The first-order chi connectivity index (χ1) is 5.70. The van der Waals surface area contributed by atoms with E-state index in [1.165, 1.54) is 0 Å². The molecule has 0 radical (unpaired) electrons. The van der Waals surface area contributed by atoms with Gasteiger partial charge < -0.3 is 10.7 Å². The van der Waals surface area contributed by atoms with Gasteiger partial charge in [0.25, 0.3) is 0 Å². The van der Waals surface area contributed by atoms with Gasteiger partial charge in [0.1, 0.15) is 5.65 Å². The van der Waals surface area contributed by atoms with Gasteiger partial charge in [-0.2, -0.15) is 0 Å². The van der Waals surface area contributed by atoms with Gasteiger partial charge in [-0.05, 0) is 25.5 Å². The van der Waals surface area contributed by atoms with Crippen LogP contribution in [0.25, 0.3) is 11.0 Å². The first-order valence-corrected chi connectivity index (χ1v) is 3.90. The van der Waals surface area contributed by atoms with Gasteiger partial charge in [-0.1, -0.05) is 0 Å². The Morgan fingerprint density at radius 2 is 2.17 bits per heavy atom. The number of aromatic amines is 1. The summed E-state index contributed by atoms with van der Waals surface area (Å²) >= 11 is 0. The third-order valence-electron chi connectivity index (χ3n) is 2.20. The molecule has 0 aliphatic carbocycles. The van der Waals surface area contributed by atoms with Crippen molar-refractivity contribution in [2.45, 2.75) is 13.8 Å². The molecule has 3 N–H and O–H groups in total. The Bertz CT molecular complexity index is 429. The summed E-state index contributed by atoms with van der Waals surface area (Å²) in [6, 6.07) is 1.99. The van der Waals surface area contributed by atoms with Gasteiger partial charge in [0.05, 0.1) is 11.4 Å². The lowest BCUT2D eigenvalue weighted by molar-refractivity contribution is 1.21. The molecule has 0 fully saturated rings. The highest BCUT2D eigenvalue weighted by Crippen LogP contribution is 2.22. The summed E-state index contributed by atoms with van der Waals surface area (Å²) in [5.74, 6) is 0. The van der Waals surface area contributed by atoms with E-state index in [9.17, 15) is 0 Å². The lowest BCUT2D eigenvalue weighted by Gasteiger charge is -2.03. The Hall–Kier alpha value is -1.51. The number of hydrogen-bond acceptors (Lipinski definition) is 2.